The van der Waals surface area contributed by atoms with E-state index in [9.17, 15) is 8.42 Å². The van der Waals surface area contributed by atoms with E-state index in [2.05, 4.69) is 35.7 Å². The Kier molecular flexibility index (Phi) is 4.78. The molecule has 0 aliphatic heterocycles. The Morgan fingerprint density at radius 1 is 1.33 bits per heavy atom. The SMILES string of the molecule is CCC(C)(C)C1CCC(NS(=O)(=O)c2cn[nH]c2C)CC1. The van der Waals surface area contributed by atoms with Gasteiger partial charge in [0.15, 0.2) is 0 Å². The molecule has 0 spiro atoms. The first-order valence-corrected chi connectivity index (χ1v) is 9.27. The first-order valence-electron chi connectivity index (χ1n) is 7.78. The Bertz CT molecular complexity index is 569. The van der Waals surface area contributed by atoms with Crippen molar-refractivity contribution in [1.82, 2.24) is 14.9 Å². The van der Waals surface area contributed by atoms with Crippen LogP contribution in [-0.4, -0.2) is 24.7 Å². The largest absolute Gasteiger partial charge is 0.281 e. The van der Waals surface area contributed by atoms with Gasteiger partial charge in [-0.05, 0) is 43.9 Å². The highest BCUT2D eigenvalue weighted by atomic mass is 32.2. The Hall–Kier alpha value is -0.880. The minimum atomic E-state index is -3.45. The van der Waals surface area contributed by atoms with E-state index in [0.29, 0.717) is 17.0 Å². The van der Waals surface area contributed by atoms with Crippen molar-refractivity contribution in [3.05, 3.63) is 11.9 Å². The van der Waals surface area contributed by atoms with Gasteiger partial charge in [-0.1, -0.05) is 27.2 Å². The van der Waals surface area contributed by atoms with E-state index in [1.54, 1.807) is 6.92 Å². The molecule has 21 heavy (non-hydrogen) atoms. The van der Waals surface area contributed by atoms with Crippen LogP contribution in [-0.2, 0) is 10.0 Å². The van der Waals surface area contributed by atoms with E-state index >= 15 is 0 Å². The molecule has 0 saturated heterocycles. The van der Waals surface area contributed by atoms with E-state index in [4.69, 9.17) is 0 Å². The van der Waals surface area contributed by atoms with Crippen LogP contribution in [0.1, 0.15) is 58.6 Å². The van der Waals surface area contributed by atoms with Crippen molar-refractivity contribution >= 4 is 10.0 Å². The highest BCUT2D eigenvalue weighted by Gasteiger charge is 2.33. The summed E-state index contributed by atoms with van der Waals surface area (Å²) in [6, 6.07) is 0.0493. The minimum absolute atomic E-state index is 0.0493. The Balaban J connectivity index is 1.97. The molecule has 1 saturated carbocycles. The lowest BCUT2D eigenvalue weighted by Gasteiger charge is -2.38. The first kappa shape index (κ1) is 16.5. The van der Waals surface area contributed by atoms with E-state index in [-0.39, 0.29) is 10.9 Å². The average Bonchev–Trinajstić information content (AvgIpc) is 2.86. The van der Waals surface area contributed by atoms with Crippen molar-refractivity contribution in [2.45, 2.75) is 70.7 Å². The number of aromatic nitrogens is 2. The van der Waals surface area contributed by atoms with Gasteiger partial charge in [0.1, 0.15) is 4.90 Å². The normalized spacial score (nSPS) is 24.2. The van der Waals surface area contributed by atoms with Crippen molar-refractivity contribution in [2.24, 2.45) is 11.3 Å². The second kappa shape index (κ2) is 6.08. The lowest BCUT2D eigenvalue weighted by atomic mass is 9.69. The summed E-state index contributed by atoms with van der Waals surface area (Å²) in [5, 5.41) is 6.47. The standard InChI is InChI=1S/C15H27N3O2S/c1-5-15(3,4)12-6-8-13(9-7-12)18-21(19,20)14-10-16-17-11(14)2/h10,12-13,18H,5-9H2,1-4H3,(H,16,17). The molecule has 120 valence electrons. The predicted molar refractivity (Wildman–Crippen MR) is 83.5 cm³/mol. The van der Waals surface area contributed by atoms with E-state index in [1.807, 2.05) is 0 Å². The number of hydrogen-bond donors (Lipinski definition) is 2. The zero-order valence-electron chi connectivity index (χ0n) is 13.4. The summed E-state index contributed by atoms with van der Waals surface area (Å²) in [4.78, 5) is 0.263. The van der Waals surface area contributed by atoms with Crippen LogP contribution in [0.25, 0.3) is 0 Å². The zero-order valence-corrected chi connectivity index (χ0v) is 14.3. The highest BCUT2D eigenvalue weighted by molar-refractivity contribution is 7.89. The van der Waals surface area contributed by atoms with Crippen LogP contribution in [0.15, 0.2) is 11.1 Å². The van der Waals surface area contributed by atoms with Gasteiger partial charge < -0.3 is 0 Å². The Labute approximate surface area is 128 Å². The molecular formula is C15H27N3O2S. The Morgan fingerprint density at radius 3 is 2.43 bits per heavy atom. The third-order valence-electron chi connectivity index (χ3n) is 5.14. The van der Waals surface area contributed by atoms with Crippen LogP contribution in [0.5, 0.6) is 0 Å². The molecule has 1 aromatic heterocycles. The number of nitrogens with one attached hydrogen (secondary N) is 2. The maximum atomic E-state index is 12.3. The van der Waals surface area contributed by atoms with E-state index < -0.39 is 10.0 Å². The van der Waals surface area contributed by atoms with Crippen molar-refractivity contribution in [3.63, 3.8) is 0 Å². The van der Waals surface area contributed by atoms with Crippen LogP contribution in [0, 0.1) is 18.3 Å². The summed E-state index contributed by atoms with van der Waals surface area (Å²) < 4.78 is 27.5. The summed E-state index contributed by atoms with van der Waals surface area (Å²) in [6.07, 6.45) is 6.58. The molecule has 2 rings (SSSR count). The van der Waals surface area contributed by atoms with Gasteiger partial charge in [0, 0.05) is 6.04 Å². The Morgan fingerprint density at radius 2 is 1.95 bits per heavy atom. The lowest BCUT2D eigenvalue weighted by Crippen LogP contribution is -2.39. The number of nitrogens with zero attached hydrogens (tertiary/aromatic N) is 1. The molecule has 0 bridgehead atoms. The van der Waals surface area contributed by atoms with Gasteiger partial charge in [-0.3, -0.25) is 5.10 Å². The van der Waals surface area contributed by atoms with Crippen molar-refractivity contribution in [3.8, 4) is 0 Å². The molecule has 6 heteroatoms. The molecule has 0 unspecified atom stereocenters. The summed E-state index contributed by atoms with van der Waals surface area (Å²) in [6.45, 7) is 8.59. The van der Waals surface area contributed by atoms with Crippen LogP contribution < -0.4 is 4.72 Å². The molecule has 1 heterocycles. The van der Waals surface area contributed by atoms with Gasteiger partial charge in [-0.25, -0.2) is 13.1 Å². The lowest BCUT2D eigenvalue weighted by molar-refractivity contribution is 0.142. The van der Waals surface area contributed by atoms with Gasteiger partial charge in [0.25, 0.3) is 0 Å². The summed E-state index contributed by atoms with van der Waals surface area (Å²) in [7, 11) is -3.45. The average molecular weight is 313 g/mol. The van der Waals surface area contributed by atoms with Crippen LogP contribution >= 0.6 is 0 Å². The maximum absolute atomic E-state index is 12.3. The number of H-pyrrole nitrogens is 1. The smallest absolute Gasteiger partial charge is 0.244 e. The van der Waals surface area contributed by atoms with Gasteiger partial charge in [-0.15, -0.1) is 0 Å². The molecule has 0 aromatic carbocycles. The minimum Gasteiger partial charge on any atom is -0.281 e. The molecule has 0 atom stereocenters. The monoisotopic (exact) mass is 313 g/mol. The highest BCUT2D eigenvalue weighted by Crippen LogP contribution is 2.40. The zero-order chi connectivity index (χ0) is 15.7. The van der Waals surface area contributed by atoms with Gasteiger partial charge in [0.05, 0.1) is 11.9 Å². The fraction of sp³-hybridized carbons (Fsp3) is 0.800. The van der Waals surface area contributed by atoms with Gasteiger partial charge >= 0.3 is 0 Å². The fourth-order valence-corrected chi connectivity index (χ4v) is 4.62. The number of hydrogen-bond acceptors (Lipinski definition) is 3. The second-order valence-corrected chi connectivity index (χ2v) is 8.55. The molecule has 0 amide bonds. The first-order chi connectivity index (χ1) is 9.76. The number of sulfonamides is 1. The molecule has 5 nitrogen and oxygen atoms in total. The quantitative estimate of drug-likeness (QED) is 0.877. The topological polar surface area (TPSA) is 74.8 Å². The maximum Gasteiger partial charge on any atom is 0.244 e. The summed E-state index contributed by atoms with van der Waals surface area (Å²) in [5.74, 6) is 0.693. The molecule has 0 radical (unpaired) electrons. The fourth-order valence-electron chi connectivity index (χ4n) is 3.17. The molecule has 1 aliphatic carbocycles. The van der Waals surface area contributed by atoms with Crippen LogP contribution in [0.3, 0.4) is 0 Å². The molecule has 1 fully saturated rings. The van der Waals surface area contributed by atoms with Crippen molar-refractivity contribution in [1.29, 1.82) is 0 Å². The summed E-state index contributed by atoms with van der Waals surface area (Å²) >= 11 is 0. The number of aromatic amines is 1. The third-order valence-corrected chi connectivity index (χ3v) is 6.77. The van der Waals surface area contributed by atoms with Crippen molar-refractivity contribution in [2.75, 3.05) is 0 Å². The molecule has 1 aromatic rings. The summed E-state index contributed by atoms with van der Waals surface area (Å²) in [5.41, 5.74) is 0.939. The number of rotatable bonds is 5. The molecule has 1 aliphatic rings. The molecule has 2 N–H and O–H groups in total. The van der Waals surface area contributed by atoms with Crippen LogP contribution in [0.2, 0.25) is 0 Å². The second-order valence-electron chi connectivity index (χ2n) is 6.87. The van der Waals surface area contributed by atoms with E-state index in [0.717, 1.165) is 25.7 Å². The van der Waals surface area contributed by atoms with Crippen LogP contribution in [0.4, 0.5) is 0 Å². The third kappa shape index (κ3) is 3.66. The van der Waals surface area contributed by atoms with Gasteiger partial charge in [0.2, 0.25) is 10.0 Å². The van der Waals surface area contributed by atoms with Gasteiger partial charge in [-0.2, -0.15) is 5.10 Å². The van der Waals surface area contributed by atoms with Crippen molar-refractivity contribution < 1.29 is 8.42 Å². The predicted octanol–water partition coefficient (Wildman–Crippen LogP) is 2.99. The molecular weight excluding hydrogens is 286 g/mol. The number of aryl methyl sites for hydroxylation is 1. The van der Waals surface area contributed by atoms with E-state index in [1.165, 1.54) is 12.6 Å².